The Kier molecular flexibility index (Phi) is 3.56. The Morgan fingerprint density at radius 3 is 2.75 bits per heavy atom. The molecule has 20 heavy (non-hydrogen) atoms. The smallest absolute Gasteiger partial charge is 0.227 e. The van der Waals surface area contributed by atoms with E-state index in [2.05, 4.69) is 15.1 Å². The van der Waals surface area contributed by atoms with E-state index >= 15 is 0 Å². The van der Waals surface area contributed by atoms with Crippen LogP contribution in [0.25, 0.3) is 11.0 Å². The van der Waals surface area contributed by atoms with Gasteiger partial charge in [-0.15, -0.1) is 0 Å². The van der Waals surface area contributed by atoms with Crippen molar-refractivity contribution in [2.75, 3.05) is 6.61 Å². The molecule has 0 radical (unpaired) electrons. The Hall–Kier alpha value is -1.69. The van der Waals surface area contributed by atoms with Crippen molar-refractivity contribution in [3.63, 3.8) is 0 Å². The van der Waals surface area contributed by atoms with Gasteiger partial charge in [-0.05, 0) is 12.8 Å². The maximum absolute atomic E-state index is 6.47. The molecule has 0 atom stereocenters. The Bertz CT molecular complexity index is 586. The summed E-state index contributed by atoms with van der Waals surface area (Å²) in [6.45, 7) is 0.508. The van der Waals surface area contributed by atoms with Gasteiger partial charge in [-0.25, -0.2) is 9.97 Å². The highest BCUT2D eigenvalue weighted by Crippen LogP contribution is 2.27. The lowest BCUT2D eigenvalue weighted by molar-refractivity contribution is 0.195. The van der Waals surface area contributed by atoms with Gasteiger partial charge in [0.2, 0.25) is 5.88 Å². The van der Waals surface area contributed by atoms with Crippen LogP contribution < -0.4 is 10.5 Å². The summed E-state index contributed by atoms with van der Waals surface area (Å²) < 4.78 is 7.62. The van der Waals surface area contributed by atoms with Gasteiger partial charge in [0.1, 0.15) is 18.3 Å². The van der Waals surface area contributed by atoms with Crippen molar-refractivity contribution in [1.82, 2.24) is 19.7 Å². The van der Waals surface area contributed by atoms with E-state index < -0.39 is 0 Å². The van der Waals surface area contributed by atoms with E-state index in [1.807, 2.05) is 7.05 Å². The van der Waals surface area contributed by atoms with Crippen LogP contribution in [0.4, 0.5) is 0 Å². The maximum atomic E-state index is 6.47. The van der Waals surface area contributed by atoms with Crippen molar-refractivity contribution < 1.29 is 4.74 Å². The minimum Gasteiger partial charge on any atom is -0.475 e. The molecule has 0 aliphatic heterocycles. The number of rotatable bonds is 3. The summed E-state index contributed by atoms with van der Waals surface area (Å²) in [4.78, 5) is 8.42. The molecule has 2 N–H and O–H groups in total. The number of hydrogen-bond donors (Lipinski definition) is 1. The van der Waals surface area contributed by atoms with Crippen LogP contribution >= 0.6 is 0 Å². The minimum absolute atomic E-state index is 0.226. The highest BCUT2D eigenvalue weighted by molar-refractivity contribution is 5.79. The molecule has 1 aliphatic rings. The second-order valence-electron chi connectivity index (χ2n) is 5.75. The van der Waals surface area contributed by atoms with Crippen LogP contribution in [-0.4, -0.2) is 31.9 Å². The van der Waals surface area contributed by atoms with Gasteiger partial charge >= 0.3 is 0 Å². The van der Waals surface area contributed by atoms with Gasteiger partial charge in [0.05, 0.1) is 11.7 Å². The monoisotopic (exact) mass is 275 g/mol. The molecular formula is C14H21N5O. The fraction of sp³-hybridized carbons (Fsp3) is 0.643. The first-order chi connectivity index (χ1) is 9.68. The number of hydrogen-bond acceptors (Lipinski definition) is 5. The molecule has 108 valence electrons. The maximum Gasteiger partial charge on any atom is 0.227 e. The summed E-state index contributed by atoms with van der Waals surface area (Å²) in [5.74, 6) is 0.581. The summed E-state index contributed by atoms with van der Waals surface area (Å²) in [6.07, 6.45) is 10.2. The topological polar surface area (TPSA) is 78.9 Å². The predicted octanol–water partition coefficient (Wildman–Crippen LogP) is 1.79. The van der Waals surface area contributed by atoms with Crippen molar-refractivity contribution in [3.05, 3.63) is 12.5 Å². The molecule has 2 aromatic rings. The first-order valence-corrected chi connectivity index (χ1v) is 7.22. The molecule has 0 aromatic carbocycles. The predicted molar refractivity (Wildman–Crippen MR) is 76.4 cm³/mol. The number of aryl methyl sites for hydroxylation is 1. The zero-order valence-corrected chi connectivity index (χ0v) is 11.9. The number of ether oxygens (including phenoxy) is 1. The second-order valence-corrected chi connectivity index (χ2v) is 5.75. The van der Waals surface area contributed by atoms with Crippen LogP contribution in [0.5, 0.6) is 5.88 Å². The highest BCUT2D eigenvalue weighted by atomic mass is 16.5. The fourth-order valence-electron chi connectivity index (χ4n) is 2.84. The standard InChI is InChI=1S/C14H21N5O/c1-19-12-11(8-18-19)13(17-10-16-12)20-9-14(15)6-4-2-3-5-7-14/h8,10H,2-7,9,15H2,1H3. The number of nitrogens with two attached hydrogens (primary N) is 1. The van der Waals surface area contributed by atoms with E-state index in [1.165, 1.54) is 32.0 Å². The van der Waals surface area contributed by atoms with Gasteiger partial charge in [-0.1, -0.05) is 25.7 Å². The van der Waals surface area contributed by atoms with E-state index in [0.29, 0.717) is 12.5 Å². The van der Waals surface area contributed by atoms with Crippen molar-refractivity contribution in [2.24, 2.45) is 12.8 Å². The van der Waals surface area contributed by atoms with E-state index in [0.717, 1.165) is 23.9 Å². The number of nitrogens with zero attached hydrogens (tertiary/aromatic N) is 4. The zero-order valence-electron chi connectivity index (χ0n) is 11.9. The van der Waals surface area contributed by atoms with Crippen LogP contribution in [-0.2, 0) is 7.05 Å². The first kappa shape index (κ1) is 13.3. The van der Waals surface area contributed by atoms with Crippen LogP contribution in [0.15, 0.2) is 12.5 Å². The van der Waals surface area contributed by atoms with Crippen LogP contribution in [0, 0.1) is 0 Å². The highest BCUT2D eigenvalue weighted by Gasteiger charge is 2.27. The van der Waals surface area contributed by atoms with E-state index in [9.17, 15) is 0 Å². The van der Waals surface area contributed by atoms with Crippen molar-refractivity contribution in [3.8, 4) is 5.88 Å². The molecule has 6 nitrogen and oxygen atoms in total. The van der Waals surface area contributed by atoms with E-state index in [4.69, 9.17) is 10.5 Å². The summed E-state index contributed by atoms with van der Waals surface area (Å²) in [7, 11) is 1.86. The van der Waals surface area contributed by atoms with Crippen LogP contribution in [0.1, 0.15) is 38.5 Å². The summed E-state index contributed by atoms with van der Waals surface area (Å²) in [5.41, 5.74) is 7.02. The normalized spacial score (nSPS) is 18.9. The first-order valence-electron chi connectivity index (χ1n) is 7.22. The van der Waals surface area contributed by atoms with Gasteiger partial charge < -0.3 is 10.5 Å². The molecule has 6 heteroatoms. The third-order valence-corrected chi connectivity index (χ3v) is 4.09. The largest absolute Gasteiger partial charge is 0.475 e. The Morgan fingerprint density at radius 2 is 2.00 bits per heavy atom. The molecule has 1 fully saturated rings. The lowest BCUT2D eigenvalue weighted by atomic mass is 9.93. The number of aromatic nitrogens is 4. The molecular weight excluding hydrogens is 254 g/mol. The van der Waals surface area contributed by atoms with Gasteiger partial charge in [-0.2, -0.15) is 5.10 Å². The molecule has 0 bridgehead atoms. The molecule has 2 heterocycles. The van der Waals surface area contributed by atoms with Gasteiger partial charge in [-0.3, -0.25) is 4.68 Å². The summed E-state index contributed by atoms with van der Waals surface area (Å²) in [5, 5.41) is 5.03. The lowest BCUT2D eigenvalue weighted by Crippen LogP contribution is -2.45. The van der Waals surface area contributed by atoms with E-state index in [-0.39, 0.29) is 5.54 Å². The van der Waals surface area contributed by atoms with E-state index in [1.54, 1.807) is 10.9 Å². The average Bonchev–Trinajstić information content (AvgIpc) is 2.69. The molecule has 0 amide bonds. The average molecular weight is 275 g/mol. The summed E-state index contributed by atoms with van der Waals surface area (Å²) >= 11 is 0. The molecule has 1 saturated carbocycles. The Labute approximate surface area is 118 Å². The zero-order chi connectivity index (χ0) is 14.0. The molecule has 3 rings (SSSR count). The molecule has 2 aromatic heterocycles. The van der Waals surface area contributed by atoms with Crippen molar-refractivity contribution in [2.45, 2.75) is 44.1 Å². The van der Waals surface area contributed by atoms with Crippen molar-refractivity contribution >= 4 is 11.0 Å². The Balaban J connectivity index is 1.76. The molecule has 1 aliphatic carbocycles. The summed E-state index contributed by atoms with van der Waals surface area (Å²) in [6, 6.07) is 0. The van der Waals surface area contributed by atoms with Gasteiger partial charge in [0.25, 0.3) is 0 Å². The minimum atomic E-state index is -0.226. The number of fused-ring (bicyclic) bond motifs is 1. The molecule has 0 spiro atoms. The Morgan fingerprint density at radius 1 is 1.25 bits per heavy atom. The molecule has 0 unspecified atom stereocenters. The SMILES string of the molecule is Cn1ncc2c(OCC3(N)CCCCCC3)ncnc21. The second kappa shape index (κ2) is 5.36. The van der Waals surface area contributed by atoms with Crippen LogP contribution in [0.2, 0.25) is 0 Å². The van der Waals surface area contributed by atoms with Crippen LogP contribution in [0.3, 0.4) is 0 Å². The quantitative estimate of drug-likeness (QED) is 0.864. The third-order valence-electron chi connectivity index (χ3n) is 4.09. The third kappa shape index (κ3) is 2.60. The fourth-order valence-corrected chi connectivity index (χ4v) is 2.84. The van der Waals surface area contributed by atoms with Gasteiger partial charge in [0.15, 0.2) is 5.65 Å². The van der Waals surface area contributed by atoms with Crippen molar-refractivity contribution in [1.29, 1.82) is 0 Å². The molecule has 0 saturated heterocycles. The lowest BCUT2D eigenvalue weighted by Gasteiger charge is -2.27. The van der Waals surface area contributed by atoms with Gasteiger partial charge in [0, 0.05) is 7.05 Å².